The molecule has 3 aliphatic rings. The zero-order valence-electron chi connectivity index (χ0n) is 22.4. The monoisotopic (exact) mass is 725 g/mol. The summed E-state index contributed by atoms with van der Waals surface area (Å²) in [7, 11) is 0. The Balaban J connectivity index is 1.21. The van der Waals surface area contributed by atoms with Gasteiger partial charge in [-0.25, -0.2) is 23.7 Å². The second-order valence-corrected chi connectivity index (χ2v) is 17.1. The molecule has 24 heteroatoms. The van der Waals surface area contributed by atoms with Gasteiger partial charge in [-0.2, -0.15) is 4.98 Å². The highest BCUT2D eigenvalue weighted by atomic mass is 32.5. The van der Waals surface area contributed by atoms with Crippen molar-refractivity contribution in [1.82, 2.24) is 34.1 Å². The zero-order chi connectivity index (χ0) is 31.8. The maximum absolute atomic E-state index is 16.0. The first-order valence-electron chi connectivity index (χ1n) is 13.0. The summed E-state index contributed by atoms with van der Waals surface area (Å²) in [6, 6.07) is 1.53. The number of fused-ring (bicyclic) bond motifs is 5. The first kappa shape index (κ1) is 31.4. The second kappa shape index (κ2) is 11.5. The number of nitrogens with one attached hydrogen (secondary N) is 1. The number of hydrogen-bond acceptors (Lipinski definition) is 15. The van der Waals surface area contributed by atoms with Crippen molar-refractivity contribution >= 4 is 82.8 Å². The number of nitrogens with two attached hydrogens (primary N) is 2. The molecule has 7 rings (SSSR count). The van der Waals surface area contributed by atoms with Crippen molar-refractivity contribution in [2.24, 2.45) is 0 Å². The Kier molecular flexibility index (Phi) is 8.02. The third-order valence-corrected chi connectivity index (χ3v) is 12.0. The summed E-state index contributed by atoms with van der Waals surface area (Å²) in [5.74, 6) is -0.208. The molecule has 3 fully saturated rings. The maximum atomic E-state index is 16.0. The summed E-state index contributed by atoms with van der Waals surface area (Å²) in [4.78, 5) is 53.2. The largest absolute Gasteiger partial charge is 0.397 e. The number of thioether (sulfide) groups is 1. The van der Waals surface area contributed by atoms with Gasteiger partial charge in [0.15, 0.2) is 29.2 Å². The minimum absolute atomic E-state index is 0.0190. The summed E-state index contributed by atoms with van der Waals surface area (Å²) >= 11 is 11.3. The van der Waals surface area contributed by atoms with Crippen molar-refractivity contribution in [2.45, 2.75) is 47.5 Å². The average Bonchev–Trinajstić information content (AvgIpc) is 3.72. The average molecular weight is 726 g/mol. The number of H-pyrrole nitrogens is 1. The van der Waals surface area contributed by atoms with Crippen molar-refractivity contribution in [2.75, 3.05) is 24.7 Å². The summed E-state index contributed by atoms with van der Waals surface area (Å²) in [5, 5.41) is -2.10. The predicted octanol–water partition coefficient (Wildman–Crippen LogP) is 1.17. The topological polar surface area (TPSA) is 233 Å². The van der Waals surface area contributed by atoms with Gasteiger partial charge in [0, 0.05) is 6.20 Å². The van der Waals surface area contributed by atoms with Crippen molar-refractivity contribution in [3.05, 3.63) is 35.3 Å². The number of ether oxygens (including phenoxy) is 1. The molecule has 3 aliphatic heterocycles. The van der Waals surface area contributed by atoms with Gasteiger partial charge in [0.25, 0.3) is 5.56 Å². The van der Waals surface area contributed by atoms with E-state index in [1.165, 1.54) is 34.1 Å². The molecule has 0 aliphatic carbocycles. The van der Waals surface area contributed by atoms with Gasteiger partial charge in [0.2, 0.25) is 5.95 Å². The zero-order valence-corrected chi connectivity index (χ0v) is 26.6. The molecule has 2 bridgehead atoms. The van der Waals surface area contributed by atoms with Gasteiger partial charge >= 0.3 is 13.4 Å². The number of halogens is 2. The lowest BCUT2D eigenvalue weighted by molar-refractivity contribution is -0.0440. The molecular weight excluding hydrogens is 702 g/mol. The molecule has 17 nitrogen and oxygen atoms in total. The minimum Gasteiger partial charge on any atom is -0.397 e. The fraction of sp³-hybridized carbons (Fsp3) is 0.476. The van der Waals surface area contributed by atoms with Gasteiger partial charge < -0.3 is 35.0 Å². The van der Waals surface area contributed by atoms with Crippen LogP contribution < -0.4 is 17.0 Å². The predicted molar refractivity (Wildman–Crippen MR) is 163 cm³/mol. The number of imidazole rings is 2. The molecule has 0 amide bonds. The van der Waals surface area contributed by atoms with E-state index in [2.05, 4.69) is 24.9 Å². The van der Waals surface area contributed by atoms with Gasteiger partial charge in [-0.1, -0.05) is 0 Å². The first-order valence-corrected chi connectivity index (χ1v) is 19.1. The quantitative estimate of drug-likeness (QED) is 0.183. The molecule has 0 saturated carbocycles. The Morgan fingerprint density at radius 3 is 2.44 bits per heavy atom. The highest BCUT2D eigenvalue weighted by Gasteiger charge is 2.53. The van der Waals surface area contributed by atoms with E-state index in [1.54, 1.807) is 0 Å². The van der Waals surface area contributed by atoms with E-state index in [-0.39, 0.29) is 22.8 Å². The lowest BCUT2D eigenvalue weighted by Crippen LogP contribution is -2.34. The molecule has 4 aromatic rings. The minimum atomic E-state index is -4.27. The Hall–Kier alpha value is -2.20. The third-order valence-electron chi connectivity index (χ3n) is 7.34. The van der Waals surface area contributed by atoms with Crippen LogP contribution in [0.4, 0.5) is 20.4 Å². The van der Waals surface area contributed by atoms with Gasteiger partial charge in [-0.15, -0.1) is 11.8 Å². The molecule has 45 heavy (non-hydrogen) atoms. The van der Waals surface area contributed by atoms with E-state index >= 15 is 8.78 Å². The highest BCUT2D eigenvalue weighted by Crippen LogP contribution is 2.57. The first-order chi connectivity index (χ1) is 21.3. The van der Waals surface area contributed by atoms with Crippen LogP contribution in [-0.4, -0.2) is 93.0 Å². The van der Waals surface area contributed by atoms with Crippen LogP contribution in [0.15, 0.2) is 29.7 Å². The molecule has 0 radical (unpaired) electrons. The van der Waals surface area contributed by atoms with Crippen molar-refractivity contribution in [1.29, 1.82) is 0 Å². The fourth-order valence-corrected chi connectivity index (χ4v) is 9.82. The molecule has 7 N–H and O–H groups in total. The van der Waals surface area contributed by atoms with Gasteiger partial charge in [0.1, 0.15) is 35.4 Å². The normalized spacial score (nSPS) is 37.7. The number of alkyl halides is 2. The number of aromatic amines is 1. The van der Waals surface area contributed by atoms with Crippen LogP contribution in [0.2, 0.25) is 0 Å². The van der Waals surface area contributed by atoms with Gasteiger partial charge in [0.05, 0.1) is 36.8 Å². The number of nitrogens with zero attached hydrogens (tertiary/aromatic N) is 6. The Labute approximate surface area is 265 Å². The molecule has 4 aromatic heterocycles. The molecule has 7 heterocycles. The number of rotatable bonds is 2. The summed E-state index contributed by atoms with van der Waals surface area (Å²) in [6.07, 6.45) is -5.72. The van der Waals surface area contributed by atoms with Crippen LogP contribution in [0, 0.1) is 0 Å². The van der Waals surface area contributed by atoms with Crippen molar-refractivity contribution in [3.8, 4) is 0 Å². The summed E-state index contributed by atoms with van der Waals surface area (Å²) in [6.45, 7) is -9.64. The smallest absolute Gasteiger partial charge is 0.325 e. The van der Waals surface area contributed by atoms with Crippen molar-refractivity contribution in [3.63, 3.8) is 0 Å². The highest BCUT2D eigenvalue weighted by molar-refractivity contribution is 8.07. The molecule has 0 aromatic carbocycles. The third kappa shape index (κ3) is 5.70. The number of aromatic nitrogens is 7. The van der Waals surface area contributed by atoms with E-state index in [0.717, 1.165) is 11.8 Å². The molecule has 0 spiro atoms. The summed E-state index contributed by atoms with van der Waals surface area (Å²) in [5.41, 5.74) is 11.8. The lowest BCUT2D eigenvalue weighted by atomic mass is 10.1. The van der Waals surface area contributed by atoms with Crippen LogP contribution in [-0.2, 0) is 46.4 Å². The van der Waals surface area contributed by atoms with Crippen LogP contribution in [0.25, 0.3) is 22.3 Å². The Morgan fingerprint density at radius 1 is 0.978 bits per heavy atom. The standard InChI is InChI=1S/C21H23F2N9O8P2S3/c22-10-9-4-37-42(35,44)39-14-8(38-19(11(14)23)31-5-27-12-7(24)1-2-26-16(12)31)3-36-41(34,43)40-15(10)20(45-9)32-6-28-13-17(32)29-21(25)30-18(13)33/h1-2,5-6,8-11,14-15,19-20H,3-4H2,(H2,24,26)(H,34,43)(H,35,44)(H3,25,29,30,33)/t8-,9-,10-,11+,14-,15-,19-,20-,41?,42?/m1/s1. The van der Waals surface area contributed by atoms with Crippen molar-refractivity contribution < 1.29 is 41.4 Å². The number of hydrogen-bond donors (Lipinski definition) is 5. The molecule has 242 valence electrons. The van der Waals surface area contributed by atoms with Gasteiger partial charge in [-0.05, 0) is 29.7 Å². The van der Waals surface area contributed by atoms with E-state index in [4.69, 9.17) is 57.9 Å². The SMILES string of the molecule is Nc1nc2c(ncn2[C@@H]2S[C@@H]3COP(O)(=S)O[C@H]4[C@H](F)[C@H](n5cnc6c(N)ccnc65)O[C@@H]4COP(O)(=S)O[C@@H]2[C@@H]3F)c(=O)[nH]1. The molecule has 3 saturated heterocycles. The molecule has 2 unspecified atom stereocenters. The lowest BCUT2D eigenvalue weighted by Gasteiger charge is -2.27. The van der Waals surface area contributed by atoms with E-state index in [0.29, 0.717) is 11.2 Å². The van der Waals surface area contributed by atoms with Crippen LogP contribution >= 0.6 is 25.2 Å². The fourth-order valence-electron chi connectivity index (χ4n) is 5.32. The van der Waals surface area contributed by atoms with Crippen LogP contribution in [0.3, 0.4) is 0 Å². The molecule has 10 atom stereocenters. The number of anilines is 2. The molecular formula is C21H23F2N9O8P2S3. The van der Waals surface area contributed by atoms with Crippen LogP contribution in [0.5, 0.6) is 0 Å². The summed E-state index contributed by atoms with van der Waals surface area (Å²) < 4.78 is 62.9. The second-order valence-electron chi connectivity index (χ2n) is 10.2. The van der Waals surface area contributed by atoms with E-state index in [9.17, 15) is 14.6 Å². The number of pyridine rings is 1. The van der Waals surface area contributed by atoms with Gasteiger partial charge in [-0.3, -0.25) is 28.0 Å². The maximum Gasteiger partial charge on any atom is 0.325 e. The van der Waals surface area contributed by atoms with Crippen LogP contribution in [0.1, 0.15) is 11.6 Å². The number of nitrogen functional groups attached to an aromatic ring is 2. The van der Waals surface area contributed by atoms with E-state index < -0.39 is 79.7 Å². The Morgan fingerprint density at radius 2 is 1.67 bits per heavy atom. The van der Waals surface area contributed by atoms with E-state index in [1.807, 2.05) is 0 Å². The Bertz CT molecular complexity index is 1950.